The Kier molecular flexibility index (Phi) is 2.46. The van der Waals surface area contributed by atoms with Gasteiger partial charge < -0.3 is 5.73 Å². The Morgan fingerprint density at radius 1 is 1.21 bits per heavy atom. The molecule has 2 heteroatoms. The van der Waals surface area contributed by atoms with Crippen LogP contribution < -0.4 is 5.73 Å². The number of thiophene rings is 1. The minimum absolute atomic E-state index is 1.01. The Labute approximate surface area is 88.9 Å². The summed E-state index contributed by atoms with van der Waals surface area (Å²) in [6, 6.07) is 4.39. The predicted molar refractivity (Wildman–Crippen MR) is 63.2 cm³/mol. The highest BCUT2D eigenvalue weighted by molar-refractivity contribution is 7.13. The summed E-state index contributed by atoms with van der Waals surface area (Å²) in [5, 5.41) is 0. The van der Waals surface area contributed by atoms with Gasteiger partial charge in [0.15, 0.2) is 0 Å². The highest BCUT2D eigenvalue weighted by atomic mass is 32.1. The summed E-state index contributed by atoms with van der Waals surface area (Å²) in [6.45, 7) is 4.24. The summed E-state index contributed by atoms with van der Waals surface area (Å²) >= 11 is 1.87. The fourth-order valence-electron chi connectivity index (χ4n) is 1.69. The Bertz CT molecular complexity index is 410. The third-order valence-corrected chi connectivity index (χ3v) is 3.69. The smallest absolute Gasteiger partial charge is 0.0305 e. The minimum atomic E-state index is 1.01. The van der Waals surface area contributed by atoms with Crippen molar-refractivity contribution in [3.8, 4) is 0 Å². The lowest BCUT2D eigenvalue weighted by atomic mass is 9.97. The number of hydrogen-bond donors (Lipinski definition) is 1. The van der Waals surface area contributed by atoms with Crippen molar-refractivity contribution in [2.24, 2.45) is 5.73 Å². The summed E-state index contributed by atoms with van der Waals surface area (Å²) in [7, 11) is 0. The van der Waals surface area contributed by atoms with E-state index in [-0.39, 0.29) is 0 Å². The minimum Gasteiger partial charge on any atom is -0.402 e. The molecule has 1 aliphatic carbocycles. The lowest BCUT2D eigenvalue weighted by Crippen LogP contribution is -2.04. The molecule has 2 rings (SSSR count). The number of allylic oxidation sites excluding steroid dienone is 4. The molecule has 2 N–H and O–H groups in total. The molecular weight excluding hydrogens is 190 g/mol. The van der Waals surface area contributed by atoms with Gasteiger partial charge in [-0.2, -0.15) is 0 Å². The molecule has 0 aromatic carbocycles. The van der Waals surface area contributed by atoms with E-state index in [1.807, 2.05) is 11.3 Å². The van der Waals surface area contributed by atoms with Crippen LogP contribution in [0.15, 0.2) is 29.5 Å². The van der Waals surface area contributed by atoms with Crippen LogP contribution in [0.25, 0.3) is 5.57 Å². The number of nitrogens with two attached hydrogens (primary N) is 1. The lowest BCUT2D eigenvalue weighted by Gasteiger charge is -2.14. The van der Waals surface area contributed by atoms with Crippen LogP contribution in [0.4, 0.5) is 0 Å². The monoisotopic (exact) mass is 205 g/mol. The first-order valence-electron chi connectivity index (χ1n) is 4.89. The molecule has 0 saturated heterocycles. The highest BCUT2D eigenvalue weighted by Crippen LogP contribution is 2.32. The summed E-state index contributed by atoms with van der Waals surface area (Å²) < 4.78 is 0. The second-order valence-corrected chi connectivity index (χ2v) is 5.08. The molecule has 74 valence electrons. The zero-order valence-corrected chi connectivity index (χ0v) is 9.45. The van der Waals surface area contributed by atoms with E-state index in [9.17, 15) is 0 Å². The Hall–Kier alpha value is -1.02. The van der Waals surface area contributed by atoms with Crippen molar-refractivity contribution in [1.29, 1.82) is 0 Å². The zero-order valence-electron chi connectivity index (χ0n) is 8.63. The largest absolute Gasteiger partial charge is 0.402 e. The van der Waals surface area contributed by atoms with Crippen LogP contribution in [0.3, 0.4) is 0 Å². The molecule has 0 aliphatic heterocycles. The molecule has 0 amide bonds. The van der Waals surface area contributed by atoms with Crippen molar-refractivity contribution in [3.63, 3.8) is 0 Å². The lowest BCUT2D eigenvalue weighted by molar-refractivity contribution is 0.938. The van der Waals surface area contributed by atoms with E-state index in [4.69, 9.17) is 5.73 Å². The Morgan fingerprint density at radius 3 is 2.57 bits per heavy atom. The normalized spacial score (nSPS) is 17.1. The van der Waals surface area contributed by atoms with Crippen LogP contribution in [0.2, 0.25) is 0 Å². The van der Waals surface area contributed by atoms with Gasteiger partial charge in [0.1, 0.15) is 0 Å². The fraction of sp³-hybridized carbons (Fsp3) is 0.333. The molecule has 1 aromatic heterocycles. The van der Waals surface area contributed by atoms with Gasteiger partial charge in [0.25, 0.3) is 0 Å². The van der Waals surface area contributed by atoms with Crippen LogP contribution in [0.1, 0.15) is 29.5 Å². The van der Waals surface area contributed by atoms with Crippen molar-refractivity contribution in [2.45, 2.75) is 26.7 Å². The Morgan fingerprint density at radius 2 is 2.00 bits per heavy atom. The maximum atomic E-state index is 5.86. The molecule has 0 spiro atoms. The van der Waals surface area contributed by atoms with Crippen LogP contribution >= 0.6 is 11.3 Å². The molecule has 1 heterocycles. The van der Waals surface area contributed by atoms with Crippen LogP contribution in [-0.2, 0) is 0 Å². The molecule has 1 aromatic rings. The highest BCUT2D eigenvalue weighted by Gasteiger charge is 2.10. The van der Waals surface area contributed by atoms with Gasteiger partial charge in [0.05, 0.1) is 0 Å². The summed E-state index contributed by atoms with van der Waals surface area (Å²) in [5.74, 6) is 0. The Balaban J connectivity index is 2.33. The SMILES string of the molecule is CC1=C(N)CCC(c2ccc(C)s2)=C1. The number of rotatable bonds is 1. The van der Waals surface area contributed by atoms with Gasteiger partial charge in [-0.15, -0.1) is 11.3 Å². The summed E-state index contributed by atoms with van der Waals surface area (Å²) in [4.78, 5) is 2.77. The first-order valence-corrected chi connectivity index (χ1v) is 5.71. The first-order chi connectivity index (χ1) is 6.66. The summed E-state index contributed by atoms with van der Waals surface area (Å²) in [6.07, 6.45) is 4.32. The van der Waals surface area contributed by atoms with Gasteiger partial charge in [0.2, 0.25) is 0 Å². The zero-order chi connectivity index (χ0) is 10.1. The van der Waals surface area contributed by atoms with Crippen molar-refractivity contribution in [3.05, 3.63) is 39.2 Å². The van der Waals surface area contributed by atoms with Crippen LogP contribution in [-0.4, -0.2) is 0 Å². The van der Waals surface area contributed by atoms with Crippen molar-refractivity contribution < 1.29 is 0 Å². The molecule has 0 bridgehead atoms. The molecule has 0 fully saturated rings. The topological polar surface area (TPSA) is 26.0 Å². The third kappa shape index (κ3) is 1.75. The average Bonchev–Trinajstić information content (AvgIpc) is 2.57. The molecule has 0 saturated carbocycles. The molecule has 0 atom stereocenters. The van der Waals surface area contributed by atoms with Gasteiger partial charge in [-0.25, -0.2) is 0 Å². The van der Waals surface area contributed by atoms with Gasteiger partial charge in [-0.3, -0.25) is 0 Å². The van der Waals surface area contributed by atoms with Gasteiger partial charge >= 0.3 is 0 Å². The van der Waals surface area contributed by atoms with E-state index in [2.05, 4.69) is 32.1 Å². The molecular formula is C12H15NS. The maximum Gasteiger partial charge on any atom is 0.0305 e. The van der Waals surface area contributed by atoms with Gasteiger partial charge in [0, 0.05) is 15.5 Å². The van der Waals surface area contributed by atoms with E-state index < -0.39 is 0 Å². The fourth-order valence-corrected chi connectivity index (χ4v) is 2.61. The van der Waals surface area contributed by atoms with Crippen molar-refractivity contribution >= 4 is 16.9 Å². The van der Waals surface area contributed by atoms with E-state index >= 15 is 0 Å². The number of hydrogen-bond acceptors (Lipinski definition) is 2. The average molecular weight is 205 g/mol. The van der Waals surface area contributed by atoms with Crippen LogP contribution in [0.5, 0.6) is 0 Å². The second-order valence-electron chi connectivity index (χ2n) is 3.79. The van der Waals surface area contributed by atoms with Crippen molar-refractivity contribution in [1.82, 2.24) is 0 Å². The summed E-state index contributed by atoms with van der Waals surface area (Å²) in [5.41, 5.74) is 9.58. The second kappa shape index (κ2) is 3.62. The van der Waals surface area contributed by atoms with E-state index in [0.717, 1.165) is 18.5 Å². The van der Waals surface area contributed by atoms with E-state index in [1.165, 1.54) is 20.9 Å². The molecule has 0 unspecified atom stereocenters. The quantitative estimate of drug-likeness (QED) is 0.746. The van der Waals surface area contributed by atoms with E-state index in [0.29, 0.717) is 0 Å². The maximum absolute atomic E-state index is 5.86. The van der Waals surface area contributed by atoms with Gasteiger partial charge in [-0.05, 0) is 50.0 Å². The number of aryl methyl sites for hydroxylation is 1. The molecule has 14 heavy (non-hydrogen) atoms. The van der Waals surface area contributed by atoms with Crippen LogP contribution in [0, 0.1) is 6.92 Å². The molecule has 1 aliphatic rings. The molecule has 1 nitrogen and oxygen atoms in total. The van der Waals surface area contributed by atoms with E-state index in [1.54, 1.807) is 0 Å². The molecule has 0 radical (unpaired) electrons. The van der Waals surface area contributed by atoms with Crippen molar-refractivity contribution in [2.75, 3.05) is 0 Å². The van der Waals surface area contributed by atoms with Gasteiger partial charge in [-0.1, -0.05) is 6.08 Å². The predicted octanol–water partition coefficient (Wildman–Crippen LogP) is 3.47. The first kappa shape index (κ1) is 9.53. The standard InChI is InChI=1S/C12H15NS/c1-8-7-10(4-5-11(8)13)12-6-3-9(2)14-12/h3,6-7H,4-5,13H2,1-2H3. The third-order valence-electron chi connectivity index (χ3n) is 2.62.